The minimum absolute atomic E-state index is 0.0986. The van der Waals surface area contributed by atoms with Crippen LogP contribution >= 0.6 is 11.6 Å². The van der Waals surface area contributed by atoms with E-state index in [2.05, 4.69) is 9.97 Å². The molecule has 17 heavy (non-hydrogen) atoms. The van der Waals surface area contributed by atoms with Gasteiger partial charge in [-0.2, -0.15) is 13.2 Å². The summed E-state index contributed by atoms with van der Waals surface area (Å²) >= 11 is 5.55. The Labute approximate surface area is 103 Å². The molecule has 0 saturated heterocycles. The van der Waals surface area contributed by atoms with Crippen LogP contribution in [0.25, 0.3) is 0 Å². The van der Waals surface area contributed by atoms with Gasteiger partial charge < -0.3 is 0 Å². The fraction of sp³-hybridized carbons (Fsp3) is 0.600. The molecule has 1 heterocycles. The van der Waals surface area contributed by atoms with Gasteiger partial charge in [0.05, 0.1) is 24.6 Å². The summed E-state index contributed by atoms with van der Waals surface area (Å²) in [7, 11) is 0. The van der Waals surface area contributed by atoms with E-state index >= 15 is 0 Å². The largest absolute Gasteiger partial charge is 0.401 e. The average molecular weight is 268 g/mol. The predicted molar refractivity (Wildman–Crippen MR) is 58.6 cm³/mol. The van der Waals surface area contributed by atoms with E-state index in [0.29, 0.717) is 5.69 Å². The lowest BCUT2D eigenvalue weighted by Crippen LogP contribution is -2.38. The van der Waals surface area contributed by atoms with E-state index < -0.39 is 12.7 Å². The second kappa shape index (κ2) is 5.64. The highest BCUT2D eigenvalue weighted by atomic mass is 35.5. The lowest BCUT2D eigenvalue weighted by molar-refractivity contribution is -0.151. The summed E-state index contributed by atoms with van der Waals surface area (Å²) in [6.07, 6.45) is -1.51. The molecule has 0 aromatic carbocycles. The number of alkyl halides is 3. The predicted octanol–water partition coefficient (Wildman–Crippen LogP) is 2.90. The zero-order valence-electron chi connectivity index (χ0n) is 9.50. The molecule has 1 rings (SSSR count). The second-order valence-electron chi connectivity index (χ2n) is 3.94. The molecule has 0 aliphatic rings. The van der Waals surface area contributed by atoms with Gasteiger partial charge >= 0.3 is 6.18 Å². The zero-order chi connectivity index (χ0) is 13.1. The van der Waals surface area contributed by atoms with Crippen LogP contribution in [0.4, 0.5) is 13.2 Å². The maximum Gasteiger partial charge on any atom is 0.401 e. The third-order valence-corrected chi connectivity index (χ3v) is 2.35. The minimum atomic E-state index is -4.22. The molecular weight excluding hydrogens is 255 g/mol. The normalized spacial score (nSPS) is 12.5. The maximum absolute atomic E-state index is 12.3. The molecule has 1 aromatic rings. The van der Waals surface area contributed by atoms with Crippen LogP contribution in [0.15, 0.2) is 12.4 Å². The quantitative estimate of drug-likeness (QED) is 0.840. The van der Waals surface area contributed by atoms with Gasteiger partial charge in [-0.3, -0.25) is 9.88 Å². The molecule has 0 fully saturated rings. The zero-order valence-corrected chi connectivity index (χ0v) is 10.3. The Morgan fingerprint density at radius 2 is 1.94 bits per heavy atom. The molecule has 0 atom stereocenters. The van der Waals surface area contributed by atoms with Crippen LogP contribution in [0, 0.1) is 0 Å². The standard InChI is InChI=1S/C10H13ClF3N3/c1-7(2)17(6-10(12,13)14)5-8-3-16-9(11)4-15-8/h3-4,7H,5-6H2,1-2H3. The number of hydrogen-bond donors (Lipinski definition) is 0. The summed E-state index contributed by atoms with van der Waals surface area (Å²) in [5.74, 6) is 0. The number of hydrogen-bond acceptors (Lipinski definition) is 3. The first-order valence-corrected chi connectivity index (χ1v) is 5.43. The van der Waals surface area contributed by atoms with Gasteiger partial charge in [0.1, 0.15) is 5.15 Å². The van der Waals surface area contributed by atoms with E-state index in [-0.39, 0.29) is 17.7 Å². The van der Waals surface area contributed by atoms with Crippen LogP contribution in [0.1, 0.15) is 19.5 Å². The Kier molecular flexibility index (Phi) is 4.70. The summed E-state index contributed by atoms with van der Waals surface area (Å²) < 4.78 is 37.0. The molecule has 0 saturated carbocycles. The van der Waals surface area contributed by atoms with Gasteiger partial charge in [0.15, 0.2) is 0 Å². The fourth-order valence-electron chi connectivity index (χ4n) is 1.28. The van der Waals surface area contributed by atoms with E-state index in [0.717, 1.165) is 0 Å². The van der Waals surface area contributed by atoms with Gasteiger partial charge in [0.25, 0.3) is 0 Å². The molecule has 0 aliphatic heterocycles. The first-order valence-electron chi connectivity index (χ1n) is 5.05. The molecule has 3 nitrogen and oxygen atoms in total. The van der Waals surface area contributed by atoms with E-state index in [4.69, 9.17) is 11.6 Å². The minimum Gasteiger partial charge on any atom is -0.287 e. The summed E-state index contributed by atoms with van der Waals surface area (Å²) in [6, 6.07) is -0.228. The summed E-state index contributed by atoms with van der Waals surface area (Å²) in [4.78, 5) is 8.99. The first-order chi connectivity index (χ1) is 7.78. The monoisotopic (exact) mass is 267 g/mol. The van der Waals surface area contributed by atoms with Gasteiger partial charge in [-0.1, -0.05) is 11.6 Å². The highest BCUT2D eigenvalue weighted by Gasteiger charge is 2.31. The van der Waals surface area contributed by atoms with Crippen molar-refractivity contribution in [1.82, 2.24) is 14.9 Å². The molecule has 0 spiro atoms. The molecule has 0 N–H and O–H groups in total. The Morgan fingerprint density at radius 1 is 1.29 bits per heavy atom. The van der Waals surface area contributed by atoms with Crippen molar-refractivity contribution >= 4 is 11.6 Å². The Bertz CT molecular complexity index is 351. The summed E-state index contributed by atoms with van der Waals surface area (Å²) in [5.41, 5.74) is 0.465. The molecule has 1 aromatic heterocycles. The average Bonchev–Trinajstić information content (AvgIpc) is 2.18. The van der Waals surface area contributed by atoms with E-state index in [1.165, 1.54) is 17.3 Å². The summed E-state index contributed by atoms with van der Waals surface area (Å²) in [6.45, 7) is 2.54. The van der Waals surface area contributed by atoms with Crippen LogP contribution in [-0.4, -0.2) is 33.6 Å². The van der Waals surface area contributed by atoms with Crippen molar-refractivity contribution in [3.05, 3.63) is 23.2 Å². The van der Waals surface area contributed by atoms with E-state index in [1.54, 1.807) is 13.8 Å². The van der Waals surface area contributed by atoms with Gasteiger partial charge in [-0.05, 0) is 13.8 Å². The maximum atomic E-state index is 12.3. The van der Waals surface area contributed by atoms with Gasteiger partial charge in [-0.25, -0.2) is 4.98 Å². The van der Waals surface area contributed by atoms with Crippen LogP contribution in [-0.2, 0) is 6.54 Å². The van der Waals surface area contributed by atoms with Crippen LogP contribution in [0.2, 0.25) is 5.15 Å². The number of aromatic nitrogens is 2. The van der Waals surface area contributed by atoms with E-state index in [1.807, 2.05) is 0 Å². The van der Waals surface area contributed by atoms with Crippen molar-refractivity contribution in [2.24, 2.45) is 0 Å². The lowest BCUT2D eigenvalue weighted by Gasteiger charge is -2.26. The Hall–Kier alpha value is -0.880. The van der Waals surface area contributed by atoms with Crippen LogP contribution in [0.3, 0.4) is 0 Å². The Balaban J connectivity index is 2.70. The van der Waals surface area contributed by atoms with Crippen LogP contribution in [0.5, 0.6) is 0 Å². The Morgan fingerprint density at radius 3 is 2.35 bits per heavy atom. The van der Waals surface area contributed by atoms with Crippen molar-refractivity contribution in [1.29, 1.82) is 0 Å². The lowest BCUT2D eigenvalue weighted by atomic mass is 10.3. The van der Waals surface area contributed by atoms with Crippen LogP contribution < -0.4 is 0 Å². The van der Waals surface area contributed by atoms with Crippen molar-refractivity contribution in [3.8, 4) is 0 Å². The van der Waals surface area contributed by atoms with Gasteiger partial charge in [0, 0.05) is 12.6 Å². The third-order valence-electron chi connectivity index (χ3n) is 2.15. The molecular formula is C10H13ClF3N3. The molecule has 0 amide bonds. The molecule has 96 valence electrons. The molecule has 0 radical (unpaired) electrons. The molecule has 0 aliphatic carbocycles. The number of rotatable bonds is 4. The van der Waals surface area contributed by atoms with Crippen molar-refractivity contribution in [2.75, 3.05) is 6.54 Å². The highest BCUT2D eigenvalue weighted by Crippen LogP contribution is 2.19. The molecule has 0 unspecified atom stereocenters. The highest BCUT2D eigenvalue weighted by molar-refractivity contribution is 6.29. The van der Waals surface area contributed by atoms with Crippen molar-refractivity contribution < 1.29 is 13.2 Å². The topological polar surface area (TPSA) is 29.0 Å². The second-order valence-corrected chi connectivity index (χ2v) is 4.33. The smallest absolute Gasteiger partial charge is 0.287 e. The number of halogens is 4. The van der Waals surface area contributed by atoms with Gasteiger partial charge in [-0.15, -0.1) is 0 Å². The molecule has 7 heteroatoms. The third kappa shape index (κ3) is 5.32. The number of nitrogens with zero attached hydrogens (tertiary/aromatic N) is 3. The van der Waals surface area contributed by atoms with Crippen molar-refractivity contribution in [2.45, 2.75) is 32.6 Å². The fourth-order valence-corrected chi connectivity index (χ4v) is 1.38. The SMILES string of the molecule is CC(C)N(Cc1cnc(Cl)cn1)CC(F)(F)F. The van der Waals surface area contributed by atoms with E-state index in [9.17, 15) is 13.2 Å². The molecule has 0 bridgehead atoms. The summed E-state index contributed by atoms with van der Waals surface area (Å²) in [5, 5.41) is 0.223. The van der Waals surface area contributed by atoms with Crippen molar-refractivity contribution in [3.63, 3.8) is 0 Å². The van der Waals surface area contributed by atoms with Gasteiger partial charge in [0.2, 0.25) is 0 Å². The first kappa shape index (κ1) is 14.2.